The van der Waals surface area contributed by atoms with Crippen molar-refractivity contribution < 1.29 is 9.53 Å². The van der Waals surface area contributed by atoms with Gasteiger partial charge < -0.3 is 9.64 Å². The van der Waals surface area contributed by atoms with E-state index in [0.29, 0.717) is 29.3 Å². The molecule has 1 aliphatic rings. The molecule has 1 heterocycles. The molecular formula is C22H13N3O2. The summed E-state index contributed by atoms with van der Waals surface area (Å²) in [5, 5.41) is 18.7. The van der Waals surface area contributed by atoms with Crippen LogP contribution in [0.1, 0.15) is 27.0 Å². The molecule has 3 aromatic rings. The standard InChI is InChI=1S/C22H13N3O2/c23-12-16-10-19-21(11-17(16)13-24)27-20-9-5-4-8-18(20)22(26)25(19)14-15-6-2-1-3-7-15/h1-11H,14H2. The van der Waals surface area contributed by atoms with Gasteiger partial charge in [-0.1, -0.05) is 42.5 Å². The molecule has 0 bridgehead atoms. The van der Waals surface area contributed by atoms with Crippen LogP contribution in [-0.2, 0) is 6.54 Å². The second kappa shape index (κ2) is 6.67. The lowest BCUT2D eigenvalue weighted by Crippen LogP contribution is -2.29. The summed E-state index contributed by atoms with van der Waals surface area (Å²) in [5.41, 5.74) is 2.26. The number of rotatable bonds is 2. The van der Waals surface area contributed by atoms with Crippen molar-refractivity contribution in [2.45, 2.75) is 6.54 Å². The molecule has 0 N–H and O–H groups in total. The van der Waals surface area contributed by atoms with Crippen molar-refractivity contribution in [3.63, 3.8) is 0 Å². The average molecular weight is 351 g/mol. The second-order valence-electron chi connectivity index (χ2n) is 6.06. The highest BCUT2D eigenvalue weighted by molar-refractivity contribution is 6.09. The maximum Gasteiger partial charge on any atom is 0.262 e. The van der Waals surface area contributed by atoms with Crippen molar-refractivity contribution in [1.82, 2.24) is 0 Å². The van der Waals surface area contributed by atoms with Gasteiger partial charge in [-0.25, -0.2) is 0 Å². The Balaban J connectivity index is 1.93. The Labute approximate surface area is 156 Å². The molecule has 1 amide bonds. The number of ether oxygens (including phenoxy) is 1. The van der Waals surface area contributed by atoms with E-state index < -0.39 is 0 Å². The van der Waals surface area contributed by atoms with Crippen LogP contribution in [0.2, 0.25) is 0 Å². The lowest BCUT2D eigenvalue weighted by atomic mass is 10.1. The minimum atomic E-state index is -0.221. The third kappa shape index (κ3) is 2.88. The SMILES string of the molecule is N#Cc1cc2c(cc1C#N)N(Cc1ccccc1)C(=O)c1ccccc1O2. The fraction of sp³-hybridized carbons (Fsp3) is 0.0455. The zero-order valence-electron chi connectivity index (χ0n) is 14.2. The molecule has 0 spiro atoms. The highest BCUT2D eigenvalue weighted by Gasteiger charge is 2.29. The maximum absolute atomic E-state index is 13.3. The minimum Gasteiger partial charge on any atom is -0.454 e. The van der Waals surface area contributed by atoms with Gasteiger partial charge in [0.25, 0.3) is 5.91 Å². The van der Waals surface area contributed by atoms with Crippen LogP contribution in [0, 0.1) is 22.7 Å². The summed E-state index contributed by atoms with van der Waals surface area (Å²) in [6, 6.07) is 23.7. The van der Waals surface area contributed by atoms with Crippen LogP contribution < -0.4 is 9.64 Å². The van der Waals surface area contributed by atoms with E-state index in [1.807, 2.05) is 42.5 Å². The average Bonchev–Trinajstić information content (AvgIpc) is 2.82. The smallest absolute Gasteiger partial charge is 0.262 e. The van der Waals surface area contributed by atoms with Crippen LogP contribution in [0.3, 0.4) is 0 Å². The number of carbonyl (C=O) groups is 1. The molecule has 0 saturated carbocycles. The van der Waals surface area contributed by atoms with Crippen LogP contribution in [0.5, 0.6) is 11.5 Å². The molecule has 5 heteroatoms. The van der Waals surface area contributed by atoms with E-state index >= 15 is 0 Å². The first kappa shape index (κ1) is 16.4. The van der Waals surface area contributed by atoms with Gasteiger partial charge in [-0.3, -0.25) is 4.79 Å². The highest BCUT2D eigenvalue weighted by atomic mass is 16.5. The van der Waals surface area contributed by atoms with Crippen molar-refractivity contribution in [3.05, 3.63) is 89.0 Å². The number of hydrogen-bond donors (Lipinski definition) is 0. The van der Waals surface area contributed by atoms with Gasteiger partial charge in [0.05, 0.1) is 28.9 Å². The summed E-state index contributed by atoms with van der Waals surface area (Å²) in [7, 11) is 0. The normalized spacial score (nSPS) is 12.1. The summed E-state index contributed by atoms with van der Waals surface area (Å²) in [6.07, 6.45) is 0. The molecule has 0 radical (unpaired) electrons. The van der Waals surface area contributed by atoms with Gasteiger partial charge in [0.1, 0.15) is 17.9 Å². The van der Waals surface area contributed by atoms with Crippen LogP contribution in [0.25, 0.3) is 0 Å². The summed E-state index contributed by atoms with van der Waals surface area (Å²) in [5.74, 6) is 0.578. The number of anilines is 1. The molecule has 4 rings (SSSR count). The van der Waals surface area contributed by atoms with Crippen molar-refractivity contribution in [2.75, 3.05) is 4.90 Å². The first-order valence-electron chi connectivity index (χ1n) is 8.32. The fourth-order valence-corrected chi connectivity index (χ4v) is 3.07. The molecule has 1 aliphatic heterocycles. The van der Waals surface area contributed by atoms with Crippen molar-refractivity contribution >= 4 is 11.6 Å². The Morgan fingerprint density at radius 2 is 1.52 bits per heavy atom. The van der Waals surface area contributed by atoms with E-state index in [4.69, 9.17) is 4.74 Å². The van der Waals surface area contributed by atoms with E-state index in [-0.39, 0.29) is 17.0 Å². The van der Waals surface area contributed by atoms with Crippen LogP contribution in [0.4, 0.5) is 5.69 Å². The molecule has 3 aromatic carbocycles. The van der Waals surface area contributed by atoms with Gasteiger partial charge in [0.15, 0.2) is 5.75 Å². The Hall–Kier alpha value is -4.09. The topological polar surface area (TPSA) is 77.1 Å². The van der Waals surface area contributed by atoms with Gasteiger partial charge in [-0.2, -0.15) is 10.5 Å². The highest BCUT2D eigenvalue weighted by Crippen LogP contribution is 2.41. The van der Waals surface area contributed by atoms with E-state index in [9.17, 15) is 15.3 Å². The monoisotopic (exact) mass is 351 g/mol. The van der Waals surface area contributed by atoms with Gasteiger partial charge in [0.2, 0.25) is 0 Å². The number of benzene rings is 3. The van der Waals surface area contributed by atoms with E-state index in [2.05, 4.69) is 0 Å². The molecule has 0 fully saturated rings. The lowest BCUT2D eigenvalue weighted by molar-refractivity contribution is 0.0985. The van der Waals surface area contributed by atoms with E-state index in [1.54, 1.807) is 35.2 Å². The number of nitriles is 2. The second-order valence-corrected chi connectivity index (χ2v) is 6.06. The Morgan fingerprint density at radius 1 is 0.852 bits per heavy atom. The number of nitrogens with zero attached hydrogens (tertiary/aromatic N) is 3. The molecule has 0 atom stereocenters. The van der Waals surface area contributed by atoms with Gasteiger partial charge >= 0.3 is 0 Å². The number of fused-ring (bicyclic) bond motifs is 2. The number of carbonyl (C=O) groups excluding carboxylic acids is 1. The van der Waals surface area contributed by atoms with Crippen LogP contribution in [0.15, 0.2) is 66.7 Å². The quantitative estimate of drug-likeness (QED) is 0.686. The summed E-state index contributed by atoms with van der Waals surface area (Å²) < 4.78 is 5.96. The number of hydrogen-bond acceptors (Lipinski definition) is 4. The lowest BCUT2D eigenvalue weighted by Gasteiger charge is -2.22. The predicted molar refractivity (Wildman–Crippen MR) is 99.3 cm³/mol. The summed E-state index contributed by atoms with van der Waals surface area (Å²) in [6.45, 7) is 0.321. The summed E-state index contributed by atoms with van der Waals surface area (Å²) >= 11 is 0. The Morgan fingerprint density at radius 3 is 2.26 bits per heavy atom. The molecule has 0 aromatic heterocycles. The third-order valence-electron chi connectivity index (χ3n) is 4.40. The molecular weight excluding hydrogens is 338 g/mol. The Kier molecular flexibility index (Phi) is 4.04. The first-order chi connectivity index (χ1) is 13.2. The van der Waals surface area contributed by atoms with Gasteiger partial charge in [0, 0.05) is 6.07 Å². The molecule has 5 nitrogen and oxygen atoms in total. The zero-order valence-corrected chi connectivity index (χ0v) is 14.2. The first-order valence-corrected chi connectivity index (χ1v) is 8.32. The molecule has 27 heavy (non-hydrogen) atoms. The van der Waals surface area contributed by atoms with Crippen LogP contribution >= 0.6 is 0 Å². The minimum absolute atomic E-state index is 0.205. The largest absolute Gasteiger partial charge is 0.454 e. The predicted octanol–water partition coefficient (Wildman–Crippen LogP) is 4.38. The maximum atomic E-state index is 13.3. The third-order valence-corrected chi connectivity index (χ3v) is 4.40. The molecule has 0 saturated heterocycles. The van der Waals surface area contributed by atoms with Crippen molar-refractivity contribution in [3.8, 4) is 23.6 Å². The van der Waals surface area contributed by atoms with E-state index in [0.717, 1.165) is 5.56 Å². The van der Waals surface area contributed by atoms with Crippen molar-refractivity contribution in [2.24, 2.45) is 0 Å². The summed E-state index contributed by atoms with van der Waals surface area (Å²) in [4.78, 5) is 14.8. The fourth-order valence-electron chi connectivity index (χ4n) is 3.07. The van der Waals surface area contributed by atoms with E-state index in [1.165, 1.54) is 6.07 Å². The zero-order chi connectivity index (χ0) is 18.8. The molecule has 0 unspecified atom stereocenters. The Bertz CT molecular complexity index is 1120. The molecule has 128 valence electrons. The number of amides is 1. The van der Waals surface area contributed by atoms with Crippen LogP contribution in [-0.4, -0.2) is 5.91 Å². The van der Waals surface area contributed by atoms with Gasteiger partial charge in [-0.15, -0.1) is 0 Å². The molecule has 0 aliphatic carbocycles. The number of para-hydroxylation sites is 1. The van der Waals surface area contributed by atoms with Gasteiger partial charge in [-0.05, 0) is 23.8 Å². The van der Waals surface area contributed by atoms with Crippen molar-refractivity contribution in [1.29, 1.82) is 10.5 Å².